The summed E-state index contributed by atoms with van der Waals surface area (Å²) in [4.78, 5) is 27.4. The van der Waals surface area contributed by atoms with Crippen molar-refractivity contribution in [3.63, 3.8) is 0 Å². The van der Waals surface area contributed by atoms with Crippen molar-refractivity contribution in [2.24, 2.45) is 0 Å². The van der Waals surface area contributed by atoms with E-state index in [-0.39, 0.29) is 23.6 Å². The van der Waals surface area contributed by atoms with Gasteiger partial charge in [-0.05, 0) is 37.1 Å². The van der Waals surface area contributed by atoms with Crippen LogP contribution in [0.15, 0.2) is 53.6 Å². The van der Waals surface area contributed by atoms with Crippen molar-refractivity contribution < 1.29 is 22.7 Å². The zero-order chi connectivity index (χ0) is 21.0. The van der Waals surface area contributed by atoms with Crippen molar-refractivity contribution in [2.45, 2.75) is 25.2 Å². The number of benzene rings is 2. The van der Waals surface area contributed by atoms with Gasteiger partial charge in [0.2, 0.25) is 15.8 Å². The van der Waals surface area contributed by atoms with Crippen LogP contribution in [0.5, 0.6) is 0 Å². The van der Waals surface area contributed by atoms with E-state index in [1.165, 1.54) is 0 Å². The van der Waals surface area contributed by atoms with Gasteiger partial charge >= 0.3 is 5.97 Å². The summed E-state index contributed by atoms with van der Waals surface area (Å²) in [7, 11) is -3.73. The van der Waals surface area contributed by atoms with Crippen LogP contribution >= 0.6 is 0 Å². The molecule has 0 unspecified atom stereocenters. The molecule has 0 aliphatic rings. The molecule has 29 heavy (non-hydrogen) atoms. The first kappa shape index (κ1) is 20.8. The first-order valence-electron chi connectivity index (χ1n) is 9.10. The lowest BCUT2D eigenvalue weighted by atomic mass is 10.1. The van der Waals surface area contributed by atoms with E-state index in [0.717, 1.165) is 16.5 Å². The predicted molar refractivity (Wildman–Crippen MR) is 109 cm³/mol. The molecule has 3 aromatic rings. The Bertz CT molecular complexity index is 1160. The van der Waals surface area contributed by atoms with Crippen molar-refractivity contribution in [1.29, 1.82) is 0 Å². The standard InChI is InChI=1S/C21H22N2O5S/c1-14-7-8-15(2)20(11-14)29(26,27)23-10-9-21(25)28-13-19(24)17-12-22-18-6-4-3-5-16(17)18/h3-8,11-12,22-23H,9-10,13H2,1-2H3. The second-order valence-corrected chi connectivity index (χ2v) is 8.48. The number of para-hydroxylation sites is 1. The Morgan fingerprint density at radius 3 is 2.66 bits per heavy atom. The summed E-state index contributed by atoms with van der Waals surface area (Å²) in [6.07, 6.45) is 1.41. The molecular weight excluding hydrogens is 392 g/mol. The summed E-state index contributed by atoms with van der Waals surface area (Å²) in [5.41, 5.74) is 2.72. The lowest BCUT2D eigenvalue weighted by molar-refractivity contribution is -0.142. The van der Waals surface area contributed by atoms with Crippen LogP contribution in [-0.2, 0) is 19.6 Å². The van der Waals surface area contributed by atoms with E-state index in [1.807, 2.05) is 30.3 Å². The molecule has 0 radical (unpaired) electrons. The van der Waals surface area contributed by atoms with E-state index in [9.17, 15) is 18.0 Å². The van der Waals surface area contributed by atoms with E-state index in [1.54, 1.807) is 32.2 Å². The van der Waals surface area contributed by atoms with Crippen LogP contribution in [0.1, 0.15) is 27.9 Å². The third kappa shape index (κ3) is 4.90. The number of esters is 1. The molecule has 1 heterocycles. The second-order valence-electron chi connectivity index (χ2n) is 6.75. The van der Waals surface area contributed by atoms with Crippen LogP contribution in [0, 0.1) is 13.8 Å². The number of H-pyrrole nitrogens is 1. The maximum atomic E-state index is 12.4. The highest BCUT2D eigenvalue weighted by molar-refractivity contribution is 7.89. The number of aryl methyl sites for hydroxylation is 2. The highest BCUT2D eigenvalue weighted by Crippen LogP contribution is 2.18. The number of aromatic nitrogens is 1. The van der Waals surface area contributed by atoms with Gasteiger partial charge in [0, 0.05) is 29.2 Å². The first-order chi connectivity index (χ1) is 13.8. The fourth-order valence-corrected chi connectivity index (χ4v) is 4.32. The molecule has 0 saturated heterocycles. The van der Waals surface area contributed by atoms with E-state index in [4.69, 9.17) is 4.74 Å². The minimum absolute atomic E-state index is 0.115. The smallest absolute Gasteiger partial charge is 0.307 e. The van der Waals surface area contributed by atoms with Crippen LogP contribution in [0.3, 0.4) is 0 Å². The van der Waals surface area contributed by atoms with Crippen molar-refractivity contribution in [3.8, 4) is 0 Å². The number of hydrogen-bond donors (Lipinski definition) is 2. The normalized spacial score (nSPS) is 11.5. The predicted octanol–water partition coefficient (Wildman–Crippen LogP) is 2.88. The Hall–Kier alpha value is -2.97. The maximum Gasteiger partial charge on any atom is 0.307 e. The van der Waals surface area contributed by atoms with Gasteiger partial charge in [0.25, 0.3) is 0 Å². The Morgan fingerprint density at radius 1 is 1.10 bits per heavy atom. The summed E-state index contributed by atoms with van der Waals surface area (Å²) >= 11 is 0. The number of rotatable bonds is 8. The van der Waals surface area contributed by atoms with Gasteiger partial charge in [0.05, 0.1) is 11.3 Å². The van der Waals surface area contributed by atoms with Crippen LogP contribution < -0.4 is 4.72 Å². The van der Waals surface area contributed by atoms with Crippen molar-refractivity contribution in [3.05, 3.63) is 65.4 Å². The van der Waals surface area contributed by atoms with E-state index >= 15 is 0 Å². The number of ether oxygens (including phenoxy) is 1. The SMILES string of the molecule is Cc1ccc(C)c(S(=O)(=O)NCCC(=O)OCC(=O)c2c[nH]c3ccccc23)c1. The van der Waals surface area contributed by atoms with Gasteiger partial charge in [0.15, 0.2) is 6.61 Å². The molecule has 1 aromatic heterocycles. The number of hydrogen-bond acceptors (Lipinski definition) is 5. The second kappa shape index (κ2) is 8.59. The molecule has 0 aliphatic carbocycles. The molecular formula is C21H22N2O5S. The molecule has 0 amide bonds. The van der Waals surface area contributed by atoms with Gasteiger partial charge < -0.3 is 9.72 Å². The molecule has 0 aliphatic heterocycles. The molecule has 3 rings (SSSR count). The monoisotopic (exact) mass is 414 g/mol. The average molecular weight is 414 g/mol. The number of aromatic amines is 1. The first-order valence-corrected chi connectivity index (χ1v) is 10.6. The quantitative estimate of drug-likeness (QED) is 0.436. The van der Waals surface area contributed by atoms with Crippen molar-refractivity contribution in [2.75, 3.05) is 13.2 Å². The summed E-state index contributed by atoms with van der Waals surface area (Å²) in [5.74, 6) is -0.978. The van der Waals surface area contributed by atoms with Crippen molar-refractivity contribution >= 4 is 32.7 Å². The summed E-state index contributed by atoms with van der Waals surface area (Å²) in [6, 6.07) is 12.5. The third-order valence-corrected chi connectivity index (χ3v) is 6.11. The molecule has 0 spiro atoms. The summed E-state index contributed by atoms with van der Waals surface area (Å²) in [5, 5.41) is 0.759. The number of sulfonamides is 1. The molecule has 0 atom stereocenters. The van der Waals surface area contributed by atoms with E-state index in [2.05, 4.69) is 9.71 Å². The molecule has 2 aromatic carbocycles. The summed E-state index contributed by atoms with van der Waals surface area (Å²) < 4.78 is 32.2. The third-order valence-electron chi connectivity index (χ3n) is 4.51. The molecule has 152 valence electrons. The van der Waals surface area contributed by atoms with E-state index in [0.29, 0.717) is 11.1 Å². The Labute approximate surface area is 169 Å². The zero-order valence-corrected chi connectivity index (χ0v) is 17.0. The molecule has 2 N–H and O–H groups in total. The molecule has 7 nitrogen and oxygen atoms in total. The minimum atomic E-state index is -3.73. The lowest BCUT2D eigenvalue weighted by Gasteiger charge is -2.10. The zero-order valence-electron chi connectivity index (χ0n) is 16.2. The number of ketones is 1. The largest absolute Gasteiger partial charge is 0.457 e. The summed E-state index contributed by atoms with van der Waals surface area (Å²) in [6.45, 7) is 3.00. The molecule has 0 fully saturated rings. The lowest BCUT2D eigenvalue weighted by Crippen LogP contribution is -2.28. The van der Waals surface area contributed by atoms with Crippen LogP contribution in [0.2, 0.25) is 0 Å². The maximum absolute atomic E-state index is 12.4. The molecule has 0 saturated carbocycles. The van der Waals surface area contributed by atoms with E-state index < -0.39 is 22.6 Å². The number of nitrogens with one attached hydrogen (secondary N) is 2. The van der Waals surface area contributed by atoms with Crippen LogP contribution in [0.4, 0.5) is 0 Å². The number of carbonyl (C=O) groups is 2. The fraction of sp³-hybridized carbons (Fsp3) is 0.238. The Kier molecular flexibility index (Phi) is 6.14. The number of carbonyl (C=O) groups excluding carboxylic acids is 2. The highest BCUT2D eigenvalue weighted by atomic mass is 32.2. The molecule has 8 heteroatoms. The van der Waals surface area contributed by atoms with Crippen LogP contribution in [-0.4, -0.2) is 38.3 Å². The number of Topliss-reactive ketones (excluding diaryl/α,β-unsaturated/α-hetero) is 1. The van der Waals surface area contributed by atoms with Gasteiger partial charge in [-0.25, -0.2) is 13.1 Å². The van der Waals surface area contributed by atoms with Crippen molar-refractivity contribution in [1.82, 2.24) is 9.71 Å². The Morgan fingerprint density at radius 2 is 1.86 bits per heavy atom. The highest BCUT2D eigenvalue weighted by Gasteiger charge is 2.18. The van der Waals surface area contributed by atoms with Gasteiger partial charge in [-0.2, -0.15) is 0 Å². The van der Waals surface area contributed by atoms with Gasteiger partial charge in [-0.1, -0.05) is 30.3 Å². The fourth-order valence-electron chi connectivity index (χ4n) is 2.96. The average Bonchev–Trinajstić information content (AvgIpc) is 3.12. The Balaban J connectivity index is 1.51. The van der Waals surface area contributed by atoms with Gasteiger partial charge in [-0.15, -0.1) is 0 Å². The van der Waals surface area contributed by atoms with Gasteiger partial charge in [0.1, 0.15) is 0 Å². The topological polar surface area (TPSA) is 105 Å². The van der Waals surface area contributed by atoms with Crippen LogP contribution in [0.25, 0.3) is 10.9 Å². The molecule has 0 bridgehead atoms. The van der Waals surface area contributed by atoms with Gasteiger partial charge in [-0.3, -0.25) is 9.59 Å². The minimum Gasteiger partial charge on any atom is -0.457 e. The number of fused-ring (bicyclic) bond motifs is 1.